The molecule has 0 spiro atoms. The number of carboxylic acids is 1. The van der Waals surface area contributed by atoms with Crippen molar-refractivity contribution in [2.24, 2.45) is 17.6 Å². The summed E-state index contributed by atoms with van der Waals surface area (Å²) < 4.78 is 8.61. The molecule has 5 aliphatic heterocycles. The number of carbonyl (C=O) groups excluding carboxylic acids is 3. The highest BCUT2D eigenvalue weighted by Gasteiger charge is 2.62. The van der Waals surface area contributed by atoms with E-state index in [1.165, 1.54) is 4.90 Å². The normalized spacial score (nSPS) is 31.9. The quantitative estimate of drug-likeness (QED) is 0.224. The van der Waals surface area contributed by atoms with Gasteiger partial charge in [0.2, 0.25) is 5.91 Å². The topological polar surface area (TPSA) is 147 Å². The van der Waals surface area contributed by atoms with Crippen LogP contribution in [-0.4, -0.2) is 118 Å². The second kappa shape index (κ2) is 11.2. The number of aryl methyl sites for hydroxylation is 1. The van der Waals surface area contributed by atoms with E-state index in [0.29, 0.717) is 35.4 Å². The Morgan fingerprint density at radius 3 is 2.42 bits per heavy atom. The van der Waals surface area contributed by atoms with Gasteiger partial charge in [0.1, 0.15) is 56.8 Å². The fraction of sp³-hybridized carbons (Fsp3) is 0.514. The summed E-state index contributed by atoms with van der Waals surface area (Å²) in [5, 5.41) is 20.5. The minimum atomic E-state index is -1.16. The predicted molar refractivity (Wildman–Crippen MR) is 175 cm³/mol. The standard InChI is InChI=1S/C37H42N4O7/c1-21(42)30-33-24-6-2-9-28(32(24)34(37(46)47)39(33)36(30)45)48-27-8-3-7-25-31(27)23-11-10-22(19-26(23)35(25)44)5-4-12-40-13-16-41(17-14-40,18-15-40)20-29(38)43/h3,7-8,10-11,19,21,24,28,30,33,42H,2,4-6,9,12-18,20H2,1H3,(H-2,38,43,46,47)/p+2. The molecule has 2 bridgehead atoms. The Labute approximate surface area is 279 Å². The van der Waals surface area contributed by atoms with Gasteiger partial charge in [-0.05, 0) is 55.9 Å². The van der Waals surface area contributed by atoms with Crippen molar-refractivity contribution >= 4 is 23.6 Å². The molecule has 0 radical (unpaired) electrons. The van der Waals surface area contributed by atoms with E-state index >= 15 is 0 Å². The summed E-state index contributed by atoms with van der Waals surface area (Å²) in [4.78, 5) is 52.2. The smallest absolute Gasteiger partial charge is 0.352 e. The number of quaternary nitrogens is 2. The molecule has 7 aliphatic rings. The van der Waals surface area contributed by atoms with E-state index in [4.69, 9.17) is 10.5 Å². The molecule has 2 aromatic carbocycles. The molecule has 1 saturated carbocycles. The maximum Gasteiger partial charge on any atom is 0.352 e. The molecule has 5 fully saturated rings. The van der Waals surface area contributed by atoms with Crippen molar-refractivity contribution in [1.82, 2.24) is 4.90 Å². The number of carbonyl (C=O) groups is 4. The molecule has 252 valence electrons. The van der Waals surface area contributed by atoms with Crippen LogP contribution in [0.4, 0.5) is 0 Å². The number of ether oxygens (including phenoxy) is 1. The van der Waals surface area contributed by atoms with Gasteiger partial charge in [-0.3, -0.25) is 14.4 Å². The van der Waals surface area contributed by atoms with Gasteiger partial charge in [-0.15, -0.1) is 0 Å². The highest BCUT2D eigenvalue weighted by Crippen LogP contribution is 2.53. The van der Waals surface area contributed by atoms with E-state index in [1.807, 2.05) is 30.3 Å². The highest BCUT2D eigenvalue weighted by atomic mass is 16.5. The minimum Gasteiger partial charge on any atom is -0.485 e. The number of nitrogens with zero attached hydrogens (tertiary/aromatic N) is 3. The zero-order valence-corrected chi connectivity index (χ0v) is 27.4. The van der Waals surface area contributed by atoms with Crippen molar-refractivity contribution in [3.05, 3.63) is 64.4 Å². The van der Waals surface area contributed by atoms with Crippen LogP contribution in [0.2, 0.25) is 0 Å². The molecule has 4 saturated heterocycles. The molecular weight excluding hydrogens is 612 g/mol. The number of carboxylic acid groups (broad SMARTS) is 1. The van der Waals surface area contributed by atoms with Crippen LogP contribution < -0.4 is 10.5 Å². The maximum atomic E-state index is 13.7. The molecule has 11 nitrogen and oxygen atoms in total. The fourth-order valence-electron chi connectivity index (χ4n) is 9.97. The van der Waals surface area contributed by atoms with Crippen LogP contribution in [0.3, 0.4) is 0 Å². The summed E-state index contributed by atoms with van der Waals surface area (Å²) in [6, 6.07) is 11.3. The van der Waals surface area contributed by atoms with Crippen LogP contribution in [0.25, 0.3) is 11.1 Å². The Morgan fingerprint density at radius 2 is 1.73 bits per heavy atom. The van der Waals surface area contributed by atoms with E-state index in [-0.39, 0.29) is 35.3 Å². The first-order valence-electron chi connectivity index (χ1n) is 17.5. The number of amides is 2. The molecule has 2 amide bonds. The van der Waals surface area contributed by atoms with Gasteiger partial charge in [0, 0.05) is 34.6 Å². The number of primary amides is 1. The minimum absolute atomic E-state index is 0.00559. The van der Waals surface area contributed by atoms with Crippen LogP contribution in [0.5, 0.6) is 5.75 Å². The summed E-state index contributed by atoms with van der Waals surface area (Å²) in [6.07, 6.45) is 2.62. The number of rotatable bonds is 10. The number of benzene rings is 2. The number of aliphatic hydroxyl groups excluding tert-OH is 1. The number of hydrogen-bond acceptors (Lipinski definition) is 6. The Morgan fingerprint density at radius 1 is 1.00 bits per heavy atom. The van der Waals surface area contributed by atoms with Crippen molar-refractivity contribution < 1.29 is 43.1 Å². The van der Waals surface area contributed by atoms with Gasteiger partial charge in [0.05, 0.1) is 24.6 Å². The lowest BCUT2D eigenvalue weighted by atomic mass is 9.71. The Balaban J connectivity index is 1.00. The zero-order valence-electron chi connectivity index (χ0n) is 27.4. The van der Waals surface area contributed by atoms with Crippen LogP contribution in [0.15, 0.2) is 47.7 Å². The average Bonchev–Trinajstić information content (AvgIpc) is 3.52. The third-order valence-electron chi connectivity index (χ3n) is 12.4. The van der Waals surface area contributed by atoms with Gasteiger partial charge >= 0.3 is 5.97 Å². The first-order chi connectivity index (χ1) is 23.0. The van der Waals surface area contributed by atoms with E-state index in [0.717, 1.165) is 97.2 Å². The van der Waals surface area contributed by atoms with Gasteiger partial charge in [-0.1, -0.05) is 24.3 Å². The number of aliphatic hydroxyl groups is 1. The number of β-lactam (4-membered cyclic amide) rings is 1. The van der Waals surface area contributed by atoms with Crippen molar-refractivity contribution in [1.29, 1.82) is 0 Å². The predicted octanol–water partition coefficient (Wildman–Crippen LogP) is 2.08. The number of fused-ring (bicyclic) bond motifs is 9. The van der Waals surface area contributed by atoms with Gasteiger partial charge in [-0.25, -0.2) is 4.79 Å². The molecule has 4 N–H and O–H groups in total. The maximum absolute atomic E-state index is 13.7. The molecular formula is C37H44N4O7+2. The van der Waals surface area contributed by atoms with Crippen LogP contribution in [0.1, 0.15) is 54.1 Å². The first-order valence-corrected chi connectivity index (χ1v) is 17.5. The summed E-state index contributed by atoms with van der Waals surface area (Å²) in [5.74, 6) is -2.00. The van der Waals surface area contributed by atoms with Crippen LogP contribution in [-0.2, 0) is 20.8 Å². The second-order valence-electron chi connectivity index (χ2n) is 15.1. The number of piperazine rings is 3. The molecule has 2 aliphatic carbocycles. The largest absolute Gasteiger partial charge is 0.485 e. The lowest BCUT2D eigenvalue weighted by Gasteiger charge is -2.55. The molecule has 5 heterocycles. The van der Waals surface area contributed by atoms with Crippen molar-refractivity contribution in [3.63, 3.8) is 0 Å². The third-order valence-corrected chi connectivity index (χ3v) is 12.4. The van der Waals surface area contributed by atoms with Crippen LogP contribution >= 0.6 is 0 Å². The zero-order chi connectivity index (χ0) is 33.5. The molecule has 5 unspecified atom stereocenters. The van der Waals surface area contributed by atoms with E-state index in [1.54, 1.807) is 6.92 Å². The number of ketones is 1. The lowest BCUT2D eigenvalue weighted by molar-refractivity contribution is -1.08. The molecule has 5 atom stereocenters. The monoisotopic (exact) mass is 656 g/mol. The van der Waals surface area contributed by atoms with E-state index in [2.05, 4.69) is 6.07 Å². The SMILES string of the molecule is CC(O)C1C(=O)N2C(C(=O)O)=C3C(Oc4cccc5c4-c4ccc(CCC[N+]67CC[N+](CC(N)=O)(CC6)CC7)cc4C5=O)CCCC3C12. The second-order valence-corrected chi connectivity index (χ2v) is 15.1. The first kappa shape index (κ1) is 31.2. The summed E-state index contributed by atoms with van der Waals surface area (Å²) in [5.41, 5.74) is 10.1. The van der Waals surface area contributed by atoms with Crippen molar-refractivity contribution in [3.8, 4) is 16.9 Å². The van der Waals surface area contributed by atoms with E-state index < -0.39 is 24.1 Å². The van der Waals surface area contributed by atoms with Crippen molar-refractivity contribution in [2.75, 3.05) is 52.4 Å². The van der Waals surface area contributed by atoms with Gasteiger partial charge in [-0.2, -0.15) is 0 Å². The number of aliphatic carboxylic acids is 1. The van der Waals surface area contributed by atoms with Gasteiger partial charge in [0.15, 0.2) is 12.3 Å². The molecule has 0 aromatic heterocycles. The lowest BCUT2D eigenvalue weighted by Crippen LogP contribution is -2.76. The Kier molecular flexibility index (Phi) is 7.32. The van der Waals surface area contributed by atoms with Gasteiger partial charge < -0.3 is 34.5 Å². The molecule has 11 heteroatoms. The Bertz CT molecular complexity index is 1760. The molecule has 2 aromatic rings. The number of nitrogens with two attached hydrogens (primary N) is 1. The van der Waals surface area contributed by atoms with E-state index in [9.17, 15) is 29.4 Å². The number of hydrogen-bond donors (Lipinski definition) is 3. The molecule has 48 heavy (non-hydrogen) atoms. The van der Waals surface area contributed by atoms with Crippen LogP contribution in [0, 0.1) is 11.8 Å². The fourth-order valence-corrected chi connectivity index (χ4v) is 9.97. The Hall–Kier alpha value is -4.06. The third kappa shape index (κ3) is 4.73. The summed E-state index contributed by atoms with van der Waals surface area (Å²) >= 11 is 0. The van der Waals surface area contributed by atoms with Crippen molar-refractivity contribution in [2.45, 2.75) is 57.3 Å². The van der Waals surface area contributed by atoms with Gasteiger partial charge in [0.25, 0.3) is 5.91 Å². The average molecular weight is 657 g/mol. The highest BCUT2D eigenvalue weighted by molar-refractivity contribution is 6.22. The molecule has 9 rings (SSSR count). The summed E-state index contributed by atoms with van der Waals surface area (Å²) in [7, 11) is 0. The summed E-state index contributed by atoms with van der Waals surface area (Å²) in [6.45, 7) is 9.39.